The standard InChI is InChI=1S/C21H27NO8/c1-26-16-11-14(12-17(27-2)20(16)28-3)5-6-19(24)30-13-18(23)22-9-7-15(8-10-22)21(25)29-4/h5-6,11-12,15H,7-10,13H2,1-4H3/b6-5+. The number of piperidine rings is 1. The fourth-order valence-electron chi connectivity index (χ4n) is 3.17. The van der Waals surface area contributed by atoms with Crippen LogP contribution >= 0.6 is 0 Å². The van der Waals surface area contributed by atoms with Crippen LogP contribution in [0.3, 0.4) is 0 Å². The summed E-state index contributed by atoms with van der Waals surface area (Å²) >= 11 is 0. The summed E-state index contributed by atoms with van der Waals surface area (Å²) in [5, 5.41) is 0. The zero-order chi connectivity index (χ0) is 22.1. The highest BCUT2D eigenvalue weighted by molar-refractivity contribution is 5.89. The number of likely N-dealkylation sites (tertiary alicyclic amines) is 1. The summed E-state index contributed by atoms with van der Waals surface area (Å²) in [7, 11) is 5.85. The highest BCUT2D eigenvalue weighted by Gasteiger charge is 2.28. The SMILES string of the molecule is COC(=O)C1CCN(C(=O)COC(=O)/C=C/c2cc(OC)c(OC)c(OC)c2)CC1. The molecule has 0 bridgehead atoms. The number of carbonyl (C=O) groups is 3. The van der Waals surface area contributed by atoms with Crippen molar-refractivity contribution in [2.24, 2.45) is 5.92 Å². The van der Waals surface area contributed by atoms with Crippen molar-refractivity contribution in [2.75, 3.05) is 48.1 Å². The lowest BCUT2D eigenvalue weighted by Gasteiger charge is -2.30. The summed E-state index contributed by atoms with van der Waals surface area (Å²) in [6.07, 6.45) is 3.82. The van der Waals surface area contributed by atoms with Crippen molar-refractivity contribution in [3.8, 4) is 17.2 Å². The summed E-state index contributed by atoms with van der Waals surface area (Å²) < 4.78 is 25.6. The first-order valence-corrected chi connectivity index (χ1v) is 9.43. The van der Waals surface area contributed by atoms with Gasteiger partial charge in [-0.05, 0) is 36.6 Å². The quantitative estimate of drug-likeness (QED) is 0.462. The average Bonchev–Trinajstić information content (AvgIpc) is 2.79. The smallest absolute Gasteiger partial charge is 0.331 e. The highest BCUT2D eigenvalue weighted by Crippen LogP contribution is 2.38. The van der Waals surface area contributed by atoms with Crippen LogP contribution in [-0.2, 0) is 23.9 Å². The van der Waals surface area contributed by atoms with Crippen LogP contribution in [0, 0.1) is 5.92 Å². The molecule has 1 aromatic carbocycles. The summed E-state index contributed by atoms with van der Waals surface area (Å²) in [4.78, 5) is 37.3. The van der Waals surface area contributed by atoms with E-state index in [4.69, 9.17) is 23.7 Å². The van der Waals surface area contributed by atoms with Crippen LogP contribution in [0.5, 0.6) is 17.2 Å². The van der Waals surface area contributed by atoms with Crippen molar-refractivity contribution in [1.82, 2.24) is 4.90 Å². The number of rotatable bonds is 8. The van der Waals surface area contributed by atoms with Gasteiger partial charge in [0.2, 0.25) is 5.75 Å². The number of amides is 1. The average molecular weight is 421 g/mol. The first-order valence-electron chi connectivity index (χ1n) is 9.43. The number of methoxy groups -OCH3 is 4. The summed E-state index contributed by atoms with van der Waals surface area (Å²) in [6.45, 7) is 0.496. The molecule has 1 aliphatic heterocycles. The molecular formula is C21H27NO8. The molecule has 0 aliphatic carbocycles. The Labute approximate surface area is 175 Å². The molecule has 9 heteroatoms. The van der Waals surface area contributed by atoms with E-state index < -0.39 is 5.97 Å². The van der Waals surface area contributed by atoms with E-state index in [0.29, 0.717) is 48.7 Å². The van der Waals surface area contributed by atoms with Crippen LogP contribution in [0.1, 0.15) is 18.4 Å². The largest absolute Gasteiger partial charge is 0.493 e. The Morgan fingerprint density at radius 1 is 1.00 bits per heavy atom. The molecule has 9 nitrogen and oxygen atoms in total. The minimum absolute atomic E-state index is 0.192. The van der Waals surface area contributed by atoms with Crippen LogP contribution in [0.2, 0.25) is 0 Å². The van der Waals surface area contributed by atoms with E-state index in [1.807, 2.05) is 0 Å². The van der Waals surface area contributed by atoms with Crippen molar-refractivity contribution < 1.29 is 38.1 Å². The number of hydrogen-bond acceptors (Lipinski definition) is 8. The van der Waals surface area contributed by atoms with Crippen LogP contribution in [0.15, 0.2) is 18.2 Å². The van der Waals surface area contributed by atoms with Gasteiger partial charge in [0, 0.05) is 19.2 Å². The molecule has 1 fully saturated rings. The Morgan fingerprint density at radius 3 is 2.10 bits per heavy atom. The second-order valence-corrected chi connectivity index (χ2v) is 6.58. The Hall–Kier alpha value is -3.23. The van der Waals surface area contributed by atoms with E-state index in [-0.39, 0.29) is 24.4 Å². The predicted octanol–water partition coefficient (Wildman–Crippen LogP) is 1.68. The van der Waals surface area contributed by atoms with E-state index in [1.165, 1.54) is 40.6 Å². The minimum atomic E-state index is -0.651. The lowest BCUT2D eigenvalue weighted by molar-refractivity contribution is -0.151. The van der Waals surface area contributed by atoms with Gasteiger partial charge in [0.15, 0.2) is 18.1 Å². The summed E-state index contributed by atoms with van der Waals surface area (Å²) in [5.74, 6) is -0.0463. The third-order valence-electron chi connectivity index (χ3n) is 4.82. The van der Waals surface area contributed by atoms with Crippen LogP contribution < -0.4 is 14.2 Å². The molecule has 1 amide bonds. The number of hydrogen-bond donors (Lipinski definition) is 0. The van der Waals surface area contributed by atoms with Gasteiger partial charge in [-0.2, -0.15) is 0 Å². The molecule has 1 saturated heterocycles. The molecule has 0 saturated carbocycles. The maximum Gasteiger partial charge on any atom is 0.331 e. The number of benzene rings is 1. The summed E-state index contributed by atoms with van der Waals surface area (Å²) in [6, 6.07) is 3.36. The van der Waals surface area contributed by atoms with Crippen LogP contribution in [-0.4, -0.2) is 70.9 Å². The van der Waals surface area contributed by atoms with E-state index in [1.54, 1.807) is 17.0 Å². The monoisotopic (exact) mass is 421 g/mol. The Bertz CT molecular complexity index is 771. The molecule has 164 valence electrons. The maximum atomic E-state index is 12.2. The van der Waals surface area contributed by atoms with Crippen molar-refractivity contribution >= 4 is 23.9 Å². The van der Waals surface area contributed by atoms with Gasteiger partial charge in [-0.3, -0.25) is 9.59 Å². The zero-order valence-corrected chi connectivity index (χ0v) is 17.6. The molecule has 0 unspecified atom stereocenters. The van der Waals surface area contributed by atoms with E-state index in [2.05, 4.69) is 0 Å². The number of esters is 2. The Kier molecular flexibility index (Phi) is 8.52. The summed E-state index contributed by atoms with van der Waals surface area (Å²) in [5.41, 5.74) is 0.637. The van der Waals surface area contributed by atoms with Gasteiger partial charge in [-0.15, -0.1) is 0 Å². The number of nitrogens with zero attached hydrogens (tertiary/aromatic N) is 1. The zero-order valence-electron chi connectivity index (χ0n) is 17.6. The second-order valence-electron chi connectivity index (χ2n) is 6.58. The molecule has 0 aromatic heterocycles. The van der Waals surface area contributed by atoms with Gasteiger partial charge in [0.05, 0.1) is 34.4 Å². The third-order valence-corrected chi connectivity index (χ3v) is 4.82. The Balaban J connectivity index is 1.88. The minimum Gasteiger partial charge on any atom is -0.493 e. The fraction of sp³-hybridized carbons (Fsp3) is 0.476. The van der Waals surface area contributed by atoms with Crippen LogP contribution in [0.25, 0.3) is 6.08 Å². The van der Waals surface area contributed by atoms with Crippen LogP contribution in [0.4, 0.5) is 0 Å². The molecular weight excluding hydrogens is 394 g/mol. The molecule has 0 atom stereocenters. The predicted molar refractivity (Wildman–Crippen MR) is 107 cm³/mol. The normalized spacial score (nSPS) is 14.3. The first kappa shape index (κ1) is 23.1. The molecule has 0 radical (unpaired) electrons. The van der Waals surface area contributed by atoms with Gasteiger partial charge in [-0.1, -0.05) is 0 Å². The lowest BCUT2D eigenvalue weighted by atomic mass is 9.97. The van der Waals surface area contributed by atoms with Crippen molar-refractivity contribution in [2.45, 2.75) is 12.8 Å². The number of carbonyl (C=O) groups excluding carboxylic acids is 3. The van der Waals surface area contributed by atoms with Gasteiger partial charge in [-0.25, -0.2) is 4.79 Å². The van der Waals surface area contributed by atoms with E-state index in [9.17, 15) is 14.4 Å². The molecule has 1 aromatic rings. The maximum absolute atomic E-state index is 12.2. The van der Waals surface area contributed by atoms with Gasteiger partial charge in [0.1, 0.15) is 0 Å². The van der Waals surface area contributed by atoms with Gasteiger partial charge >= 0.3 is 11.9 Å². The van der Waals surface area contributed by atoms with Crippen molar-refractivity contribution in [3.63, 3.8) is 0 Å². The molecule has 0 N–H and O–H groups in total. The van der Waals surface area contributed by atoms with E-state index in [0.717, 1.165) is 0 Å². The molecule has 1 heterocycles. The molecule has 0 spiro atoms. The highest BCUT2D eigenvalue weighted by atomic mass is 16.5. The third kappa shape index (κ3) is 5.88. The Morgan fingerprint density at radius 2 is 1.60 bits per heavy atom. The lowest BCUT2D eigenvalue weighted by Crippen LogP contribution is -2.42. The van der Waals surface area contributed by atoms with Crippen molar-refractivity contribution in [3.05, 3.63) is 23.8 Å². The fourth-order valence-corrected chi connectivity index (χ4v) is 3.17. The van der Waals surface area contributed by atoms with Crippen molar-refractivity contribution in [1.29, 1.82) is 0 Å². The molecule has 1 aliphatic rings. The number of ether oxygens (including phenoxy) is 5. The first-order chi connectivity index (χ1) is 14.4. The topological polar surface area (TPSA) is 101 Å². The van der Waals surface area contributed by atoms with Gasteiger partial charge in [0.25, 0.3) is 5.91 Å². The van der Waals surface area contributed by atoms with Gasteiger partial charge < -0.3 is 28.6 Å². The molecule has 2 rings (SSSR count). The molecule has 30 heavy (non-hydrogen) atoms. The van der Waals surface area contributed by atoms with E-state index >= 15 is 0 Å². The second kappa shape index (κ2) is 11.1.